The van der Waals surface area contributed by atoms with Crippen molar-refractivity contribution in [2.45, 2.75) is 26.7 Å². The SMILES string of the molecule is CC(C)C1CCN(CC#N)CC1. The van der Waals surface area contributed by atoms with Crippen molar-refractivity contribution in [3.63, 3.8) is 0 Å². The van der Waals surface area contributed by atoms with Crippen molar-refractivity contribution in [3.05, 3.63) is 0 Å². The highest BCUT2D eigenvalue weighted by Gasteiger charge is 2.20. The normalized spacial score (nSPS) is 21.2. The largest absolute Gasteiger partial charge is 0.291 e. The van der Waals surface area contributed by atoms with Gasteiger partial charge in [-0.3, -0.25) is 4.90 Å². The van der Waals surface area contributed by atoms with E-state index in [0.29, 0.717) is 6.54 Å². The Kier molecular flexibility index (Phi) is 3.55. The molecule has 0 aromatic rings. The summed E-state index contributed by atoms with van der Waals surface area (Å²) < 4.78 is 0. The van der Waals surface area contributed by atoms with Crippen LogP contribution in [0.25, 0.3) is 0 Å². The summed E-state index contributed by atoms with van der Waals surface area (Å²) in [5, 5.41) is 8.50. The zero-order valence-corrected chi connectivity index (χ0v) is 8.08. The molecule has 1 fully saturated rings. The highest BCUT2D eigenvalue weighted by molar-refractivity contribution is 4.81. The van der Waals surface area contributed by atoms with Crippen LogP contribution in [0.15, 0.2) is 0 Å². The minimum absolute atomic E-state index is 0.616. The van der Waals surface area contributed by atoms with Gasteiger partial charge in [0.2, 0.25) is 0 Å². The maximum Gasteiger partial charge on any atom is 0.0865 e. The quantitative estimate of drug-likeness (QED) is 0.586. The maximum atomic E-state index is 8.50. The summed E-state index contributed by atoms with van der Waals surface area (Å²) in [6.45, 7) is 7.45. The van der Waals surface area contributed by atoms with Gasteiger partial charge in [-0.05, 0) is 37.8 Å². The molecule has 1 aliphatic heterocycles. The van der Waals surface area contributed by atoms with Crippen molar-refractivity contribution in [2.75, 3.05) is 19.6 Å². The third-order valence-corrected chi connectivity index (χ3v) is 2.87. The molecule has 68 valence electrons. The molecule has 12 heavy (non-hydrogen) atoms. The minimum Gasteiger partial charge on any atom is -0.291 e. The first kappa shape index (κ1) is 9.54. The number of hydrogen-bond acceptors (Lipinski definition) is 2. The second-order valence-corrected chi connectivity index (χ2v) is 4.02. The van der Waals surface area contributed by atoms with Gasteiger partial charge in [-0.1, -0.05) is 13.8 Å². The molecule has 0 saturated carbocycles. The van der Waals surface area contributed by atoms with Crippen molar-refractivity contribution in [1.29, 1.82) is 5.26 Å². The van der Waals surface area contributed by atoms with E-state index in [4.69, 9.17) is 5.26 Å². The third-order valence-electron chi connectivity index (χ3n) is 2.87. The maximum absolute atomic E-state index is 8.50. The number of piperidine rings is 1. The summed E-state index contributed by atoms with van der Waals surface area (Å²) in [4.78, 5) is 2.25. The third kappa shape index (κ3) is 2.49. The Morgan fingerprint density at radius 3 is 2.42 bits per heavy atom. The molecule has 0 atom stereocenters. The first-order valence-electron chi connectivity index (χ1n) is 4.83. The predicted octanol–water partition coefficient (Wildman–Crippen LogP) is 1.88. The van der Waals surface area contributed by atoms with Gasteiger partial charge in [0.05, 0.1) is 12.6 Å². The minimum atomic E-state index is 0.616. The molecule has 0 bridgehead atoms. The Morgan fingerprint density at radius 2 is 2.00 bits per heavy atom. The van der Waals surface area contributed by atoms with Gasteiger partial charge in [0.15, 0.2) is 0 Å². The van der Waals surface area contributed by atoms with E-state index in [1.165, 1.54) is 12.8 Å². The van der Waals surface area contributed by atoms with E-state index in [9.17, 15) is 0 Å². The molecule has 0 aromatic heterocycles. The lowest BCUT2D eigenvalue weighted by molar-refractivity contribution is 0.172. The lowest BCUT2D eigenvalue weighted by Gasteiger charge is -2.32. The number of rotatable bonds is 2. The molecular weight excluding hydrogens is 148 g/mol. The van der Waals surface area contributed by atoms with Gasteiger partial charge in [-0.15, -0.1) is 0 Å². The zero-order valence-electron chi connectivity index (χ0n) is 8.08. The Bertz CT molecular complexity index is 161. The fourth-order valence-corrected chi connectivity index (χ4v) is 1.88. The Morgan fingerprint density at radius 1 is 1.42 bits per heavy atom. The summed E-state index contributed by atoms with van der Waals surface area (Å²) in [7, 11) is 0. The van der Waals surface area contributed by atoms with Crippen LogP contribution in [0.3, 0.4) is 0 Å². The van der Waals surface area contributed by atoms with Crippen LogP contribution in [0, 0.1) is 23.2 Å². The van der Waals surface area contributed by atoms with Gasteiger partial charge in [0.25, 0.3) is 0 Å². The number of nitrogens with zero attached hydrogens (tertiary/aromatic N) is 2. The molecule has 0 amide bonds. The molecule has 2 heteroatoms. The Balaban J connectivity index is 2.26. The molecule has 0 aromatic carbocycles. The van der Waals surface area contributed by atoms with Crippen LogP contribution < -0.4 is 0 Å². The lowest BCUT2D eigenvalue weighted by atomic mass is 9.87. The van der Waals surface area contributed by atoms with Crippen LogP contribution in [0.4, 0.5) is 0 Å². The summed E-state index contributed by atoms with van der Waals surface area (Å²) in [6.07, 6.45) is 2.55. The molecule has 1 heterocycles. The van der Waals surface area contributed by atoms with Crippen LogP contribution in [0.5, 0.6) is 0 Å². The standard InChI is InChI=1S/C10H18N2/c1-9(2)10-3-6-12(7-4-10)8-5-11/h9-10H,3-4,6-8H2,1-2H3. The van der Waals surface area contributed by atoms with Crippen LogP contribution in [-0.2, 0) is 0 Å². The number of hydrogen-bond donors (Lipinski definition) is 0. The summed E-state index contributed by atoms with van der Waals surface area (Å²) in [5.74, 6) is 1.70. The van der Waals surface area contributed by atoms with Gasteiger partial charge in [-0.25, -0.2) is 0 Å². The molecule has 0 aliphatic carbocycles. The molecule has 1 aliphatic rings. The summed E-state index contributed by atoms with van der Waals surface area (Å²) in [5.41, 5.74) is 0. The molecule has 0 unspecified atom stereocenters. The van der Waals surface area contributed by atoms with Gasteiger partial charge in [-0.2, -0.15) is 5.26 Å². The highest BCUT2D eigenvalue weighted by Crippen LogP contribution is 2.23. The summed E-state index contributed by atoms with van der Waals surface area (Å²) >= 11 is 0. The van der Waals surface area contributed by atoms with Gasteiger partial charge in [0.1, 0.15) is 0 Å². The summed E-state index contributed by atoms with van der Waals surface area (Å²) in [6, 6.07) is 2.21. The predicted molar refractivity (Wildman–Crippen MR) is 49.6 cm³/mol. The van der Waals surface area contributed by atoms with Gasteiger partial charge < -0.3 is 0 Å². The second-order valence-electron chi connectivity index (χ2n) is 4.02. The Hall–Kier alpha value is -0.550. The smallest absolute Gasteiger partial charge is 0.0865 e. The van der Waals surface area contributed by atoms with Crippen molar-refractivity contribution < 1.29 is 0 Å². The van der Waals surface area contributed by atoms with E-state index in [-0.39, 0.29) is 0 Å². The van der Waals surface area contributed by atoms with Crippen molar-refractivity contribution in [3.8, 4) is 6.07 Å². The molecule has 2 nitrogen and oxygen atoms in total. The molecule has 1 rings (SSSR count). The van der Waals surface area contributed by atoms with Gasteiger partial charge >= 0.3 is 0 Å². The lowest BCUT2D eigenvalue weighted by Crippen LogP contribution is -2.35. The Labute approximate surface area is 75.2 Å². The highest BCUT2D eigenvalue weighted by atomic mass is 15.1. The topological polar surface area (TPSA) is 27.0 Å². The van der Waals surface area contributed by atoms with Crippen LogP contribution in [0.1, 0.15) is 26.7 Å². The van der Waals surface area contributed by atoms with E-state index < -0.39 is 0 Å². The molecule has 0 spiro atoms. The molecule has 0 N–H and O–H groups in total. The fraction of sp³-hybridized carbons (Fsp3) is 0.900. The van der Waals surface area contributed by atoms with E-state index in [0.717, 1.165) is 24.9 Å². The van der Waals surface area contributed by atoms with Crippen LogP contribution in [0.2, 0.25) is 0 Å². The fourth-order valence-electron chi connectivity index (χ4n) is 1.88. The van der Waals surface area contributed by atoms with Crippen molar-refractivity contribution in [2.24, 2.45) is 11.8 Å². The number of likely N-dealkylation sites (tertiary alicyclic amines) is 1. The second kappa shape index (κ2) is 4.47. The van der Waals surface area contributed by atoms with Crippen molar-refractivity contribution >= 4 is 0 Å². The average molecular weight is 166 g/mol. The van der Waals surface area contributed by atoms with E-state index in [1.807, 2.05) is 0 Å². The molecular formula is C10H18N2. The van der Waals surface area contributed by atoms with Crippen LogP contribution >= 0.6 is 0 Å². The van der Waals surface area contributed by atoms with E-state index >= 15 is 0 Å². The first-order chi connectivity index (χ1) is 5.74. The monoisotopic (exact) mass is 166 g/mol. The van der Waals surface area contributed by atoms with Crippen LogP contribution in [-0.4, -0.2) is 24.5 Å². The average Bonchev–Trinajstić information content (AvgIpc) is 2.06. The van der Waals surface area contributed by atoms with Gasteiger partial charge in [0, 0.05) is 0 Å². The molecule has 1 saturated heterocycles. The first-order valence-corrected chi connectivity index (χ1v) is 4.83. The van der Waals surface area contributed by atoms with E-state index in [1.54, 1.807) is 0 Å². The van der Waals surface area contributed by atoms with E-state index in [2.05, 4.69) is 24.8 Å². The number of nitriles is 1. The molecule has 0 radical (unpaired) electrons. The zero-order chi connectivity index (χ0) is 8.97. The van der Waals surface area contributed by atoms with Crippen molar-refractivity contribution in [1.82, 2.24) is 4.90 Å².